The largest absolute Gasteiger partial charge is 0.294 e. The molecule has 0 aromatic rings. The zero-order valence-corrected chi connectivity index (χ0v) is 10.2. The van der Waals surface area contributed by atoms with Gasteiger partial charge in [-0.25, -0.2) is 0 Å². The fraction of sp³-hybridized carbons (Fsp3) is 0.923. The molecule has 2 heteroatoms. The third-order valence-electron chi connectivity index (χ3n) is 4.61. The van der Waals surface area contributed by atoms with Crippen molar-refractivity contribution in [2.75, 3.05) is 17.3 Å². The van der Waals surface area contributed by atoms with E-state index in [9.17, 15) is 4.79 Å². The van der Waals surface area contributed by atoms with Crippen LogP contribution in [0.25, 0.3) is 0 Å². The fourth-order valence-electron chi connectivity index (χ4n) is 3.81. The third-order valence-corrected chi connectivity index (χ3v) is 7.04. The Kier molecular flexibility index (Phi) is 2.80. The average Bonchev–Trinajstić information content (AvgIpc) is 2.93. The molecule has 3 rings (SSSR count). The number of fused-ring (bicyclic) bond motifs is 2. The van der Waals surface area contributed by atoms with Gasteiger partial charge in [0.1, 0.15) is 11.5 Å². The molecule has 2 saturated carbocycles. The highest BCUT2D eigenvalue weighted by molar-refractivity contribution is 7.97. The number of Topliss-reactive ketones (excluding diaryl/α,β-unsaturated/α-hetero) is 1. The van der Waals surface area contributed by atoms with E-state index < -0.39 is 0 Å². The van der Waals surface area contributed by atoms with Gasteiger partial charge in [0.15, 0.2) is 11.5 Å². The van der Waals surface area contributed by atoms with E-state index in [1.807, 2.05) is 0 Å². The van der Waals surface area contributed by atoms with E-state index in [4.69, 9.17) is 0 Å². The van der Waals surface area contributed by atoms with Crippen LogP contribution in [0.5, 0.6) is 0 Å². The summed E-state index contributed by atoms with van der Waals surface area (Å²) >= 11 is 0. The first kappa shape index (κ1) is 10.2. The molecule has 0 spiro atoms. The van der Waals surface area contributed by atoms with Gasteiger partial charge >= 0.3 is 0 Å². The Morgan fingerprint density at radius 3 is 2.53 bits per heavy atom. The lowest BCUT2D eigenvalue weighted by molar-refractivity contribution is -0.121. The molecule has 0 amide bonds. The second-order valence-electron chi connectivity index (χ2n) is 5.62. The topological polar surface area (TPSA) is 17.1 Å². The number of carbonyl (C=O) groups is 1. The molecule has 15 heavy (non-hydrogen) atoms. The molecule has 3 aliphatic rings. The summed E-state index contributed by atoms with van der Waals surface area (Å²) in [5.41, 5.74) is 0. The van der Waals surface area contributed by atoms with Gasteiger partial charge in [0.25, 0.3) is 0 Å². The van der Waals surface area contributed by atoms with Gasteiger partial charge in [0.05, 0.1) is 0 Å². The van der Waals surface area contributed by atoms with E-state index in [1.165, 1.54) is 50.0 Å². The zero-order valence-electron chi connectivity index (χ0n) is 9.41. The quantitative estimate of drug-likeness (QED) is 0.674. The SMILES string of the molecule is O=C(C[S+]1CCCC1)C1CC2CCC1C2. The first-order chi connectivity index (χ1) is 7.33. The highest BCUT2D eigenvalue weighted by Gasteiger charge is 2.44. The molecule has 0 aromatic carbocycles. The predicted octanol–water partition coefficient (Wildman–Crippen LogP) is 2.40. The van der Waals surface area contributed by atoms with Crippen LogP contribution in [0.15, 0.2) is 0 Å². The minimum Gasteiger partial charge on any atom is -0.294 e. The number of hydrogen-bond acceptors (Lipinski definition) is 1. The van der Waals surface area contributed by atoms with Crippen molar-refractivity contribution in [2.45, 2.75) is 38.5 Å². The zero-order chi connectivity index (χ0) is 10.3. The Bertz CT molecular complexity index is 257. The van der Waals surface area contributed by atoms with E-state index in [0.717, 1.165) is 17.6 Å². The Labute approximate surface area is 95.4 Å². The molecular weight excluding hydrogens is 204 g/mol. The first-order valence-electron chi connectivity index (χ1n) is 6.50. The number of carbonyl (C=O) groups excluding carboxylic acids is 1. The highest BCUT2D eigenvalue weighted by atomic mass is 32.2. The lowest BCUT2D eigenvalue weighted by Crippen LogP contribution is -2.28. The van der Waals surface area contributed by atoms with Crippen LogP contribution < -0.4 is 0 Å². The van der Waals surface area contributed by atoms with Gasteiger partial charge in [-0.2, -0.15) is 0 Å². The Morgan fingerprint density at radius 1 is 1.13 bits per heavy atom. The Morgan fingerprint density at radius 2 is 1.93 bits per heavy atom. The maximum Gasteiger partial charge on any atom is 0.185 e. The van der Waals surface area contributed by atoms with Gasteiger partial charge < -0.3 is 0 Å². The van der Waals surface area contributed by atoms with E-state index in [1.54, 1.807) is 0 Å². The molecule has 2 bridgehead atoms. The van der Waals surface area contributed by atoms with Crippen molar-refractivity contribution in [2.24, 2.45) is 17.8 Å². The number of hydrogen-bond donors (Lipinski definition) is 0. The van der Waals surface area contributed by atoms with E-state index in [0.29, 0.717) is 22.6 Å². The van der Waals surface area contributed by atoms with Crippen LogP contribution >= 0.6 is 0 Å². The third kappa shape index (κ3) is 1.98. The lowest BCUT2D eigenvalue weighted by atomic mass is 9.86. The molecule has 1 heterocycles. The molecule has 3 atom stereocenters. The van der Waals surface area contributed by atoms with Gasteiger partial charge in [-0.15, -0.1) is 0 Å². The van der Waals surface area contributed by atoms with E-state index >= 15 is 0 Å². The van der Waals surface area contributed by atoms with Crippen molar-refractivity contribution in [3.8, 4) is 0 Å². The molecule has 3 fully saturated rings. The molecule has 1 nitrogen and oxygen atoms in total. The van der Waals surface area contributed by atoms with Gasteiger partial charge in [-0.1, -0.05) is 6.42 Å². The minimum atomic E-state index is 0.495. The summed E-state index contributed by atoms with van der Waals surface area (Å²) in [5.74, 6) is 6.53. The maximum absolute atomic E-state index is 12.2. The summed E-state index contributed by atoms with van der Waals surface area (Å²) in [6.45, 7) is 0. The maximum atomic E-state index is 12.2. The lowest BCUT2D eigenvalue weighted by Gasteiger charge is -2.19. The highest BCUT2D eigenvalue weighted by Crippen LogP contribution is 2.48. The minimum absolute atomic E-state index is 0.495. The summed E-state index contributed by atoms with van der Waals surface area (Å²) in [4.78, 5) is 12.2. The van der Waals surface area contributed by atoms with Gasteiger partial charge in [-0.05, 0) is 54.8 Å². The second-order valence-corrected chi connectivity index (χ2v) is 7.95. The van der Waals surface area contributed by atoms with Crippen molar-refractivity contribution in [1.82, 2.24) is 0 Å². The molecule has 1 saturated heterocycles. The predicted molar refractivity (Wildman–Crippen MR) is 65.1 cm³/mol. The second kappa shape index (κ2) is 4.12. The summed E-state index contributed by atoms with van der Waals surface area (Å²) in [7, 11) is 0.495. The van der Waals surface area contributed by atoms with Crippen LogP contribution in [-0.2, 0) is 15.7 Å². The number of ketones is 1. The van der Waals surface area contributed by atoms with Crippen LogP contribution in [0, 0.1) is 17.8 Å². The molecule has 0 N–H and O–H groups in total. The van der Waals surface area contributed by atoms with Crippen LogP contribution in [0.1, 0.15) is 38.5 Å². The standard InChI is InChI=1S/C13H21OS/c14-13(9-15-5-1-2-6-15)12-8-10-3-4-11(12)7-10/h10-12H,1-9H2/q+1. The van der Waals surface area contributed by atoms with Crippen LogP contribution in [0.4, 0.5) is 0 Å². The van der Waals surface area contributed by atoms with Crippen LogP contribution in [0.2, 0.25) is 0 Å². The van der Waals surface area contributed by atoms with Crippen molar-refractivity contribution in [3.05, 3.63) is 0 Å². The monoisotopic (exact) mass is 225 g/mol. The molecule has 3 unspecified atom stereocenters. The number of rotatable bonds is 3. The fourth-order valence-corrected chi connectivity index (χ4v) is 6.14. The Hall–Kier alpha value is 0.0200. The van der Waals surface area contributed by atoms with Gasteiger partial charge in [0, 0.05) is 5.92 Å². The van der Waals surface area contributed by atoms with Crippen molar-refractivity contribution in [1.29, 1.82) is 0 Å². The summed E-state index contributed by atoms with van der Waals surface area (Å²) in [6, 6.07) is 0. The average molecular weight is 225 g/mol. The van der Waals surface area contributed by atoms with Crippen LogP contribution in [0.3, 0.4) is 0 Å². The first-order valence-corrected chi connectivity index (χ1v) is 8.23. The van der Waals surface area contributed by atoms with Crippen LogP contribution in [-0.4, -0.2) is 23.0 Å². The summed E-state index contributed by atoms with van der Waals surface area (Å²) in [5, 5.41) is 0. The van der Waals surface area contributed by atoms with Gasteiger partial charge in [0.2, 0.25) is 0 Å². The van der Waals surface area contributed by atoms with Crippen molar-refractivity contribution in [3.63, 3.8) is 0 Å². The summed E-state index contributed by atoms with van der Waals surface area (Å²) < 4.78 is 0. The smallest absolute Gasteiger partial charge is 0.185 e. The molecule has 2 aliphatic carbocycles. The molecule has 1 aliphatic heterocycles. The molecule has 84 valence electrons. The molecular formula is C13H21OS+. The van der Waals surface area contributed by atoms with E-state index in [-0.39, 0.29) is 0 Å². The molecule has 0 aromatic heterocycles. The van der Waals surface area contributed by atoms with Crippen molar-refractivity contribution < 1.29 is 4.79 Å². The van der Waals surface area contributed by atoms with E-state index in [2.05, 4.69) is 0 Å². The Balaban J connectivity index is 1.56. The summed E-state index contributed by atoms with van der Waals surface area (Å²) in [6.07, 6.45) is 8.17. The van der Waals surface area contributed by atoms with Crippen molar-refractivity contribution >= 4 is 16.7 Å². The molecule has 0 radical (unpaired) electrons. The van der Waals surface area contributed by atoms with Gasteiger partial charge in [-0.3, -0.25) is 4.79 Å². The normalized spacial score (nSPS) is 40.1.